The number of carbonyl (C=O) groups excluding carboxylic acids is 1. The van der Waals surface area contributed by atoms with Crippen LogP contribution in [0.3, 0.4) is 0 Å². The van der Waals surface area contributed by atoms with Crippen LogP contribution in [0.15, 0.2) is 46.9 Å². The standard InChI is InChI=1S/C17H14ClN3O2/c1-10-7-8-14(11(2)9-10)19-15(22)17-21-20-16(23-17)12-5-3-4-6-13(12)18/h3-9H,1-2H3,(H,19,22). The van der Waals surface area contributed by atoms with E-state index in [-0.39, 0.29) is 11.8 Å². The van der Waals surface area contributed by atoms with Crippen LogP contribution in [-0.4, -0.2) is 16.1 Å². The maximum absolute atomic E-state index is 12.2. The molecule has 1 aromatic heterocycles. The average Bonchev–Trinajstić information content (AvgIpc) is 3.00. The maximum Gasteiger partial charge on any atom is 0.313 e. The zero-order valence-corrected chi connectivity index (χ0v) is 13.4. The molecule has 5 nitrogen and oxygen atoms in total. The lowest BCUT2D eigenvalue weighted by atomic mass is 10.1. The summed E-state index contributed by atoms with van der Waals surface area (Å²) in [5, 5.41) is 10.9. The number of aryl methyl sites for hydroxylation is 2. The summed E-state index contributed by atoms with van der Waals surface area (Å²) in [6.45, 7) is 3.91. The van der Waals surface area contributed by atoms with Crippen LogP contribution >= 0.6 is 11.6 Å². The van der Waals surface area contributed by atoms with E-state index in [4.69, 9.17) is 16.0 Å². The van der Waals surface area contributed by atoms with Crippen molar-refractivity contribution < 1.29 is 9.21 Å². The summed E-state index contributed by atoms with van der Waals surface area (Å²) in [4.78, 5) is 12.2. The van der Waals surface area contributed by atoms with Gasteiger partial charge >= 0.3 is 11.8 Å². The highest BCUT2D eigenvalue weighted by atomic mass is 35.5. The normalized spacial score (nSPS) is 10.6. The van der Waals surface area contributed by atoms with Crippen LogP contribution in [0, 0.1) is 13.8 Å². The number of hydrogen-bond acceptors (Lipinski definition) is 4. The Hall–Kier alpha value is -2.66. The third-order valence-corrected chi connectivity index (χ3v) is 3.68. The van der Waals surface area contributed by atoms with Gasteiger partial charge in [-0.15, -0.1) is 10.2 Å². The predicted octanol–water partition coefficient (Wildman–Crippen LogP) is 4.26. The van der Waals surface area contributed by atoms with E-state index >= 15 is 0 Å². The van der Waals surface area contributed by atoms with E-state index in [1.807, 2.05) is 32.0 Å². The minimum atomic E-state index is -0.456. The second-order valence-electron chi connectivity index (χ2n) is 5.16. The molecule has 0 bridgehead atoms. The highest BCUT2D eigenvalue weighted by molar-refractivity contribution is 6.33. The van der Waals surface area contributed by atoms with Crippen molar-refractivity contribution in [3.05, 3.63) is 64.5 Å². The van der Waals surface area contributed by atoms with Crippen LogP contribution < -0.4 is 5.32 Å². The number of carbonyl (C=O) groups is 1. The fraction of sp³-hybridized carbons (Fsp3) is 0.118. The van der Waals surface area contributed by atoms with Crippen molar-refractivity contribution in [3.63, 3.8) is 0 Å². The van der Waals surface area contributed by atoms with E-state index in [1.165, 1.54) is 0 Å². The SMILES string of the molecule is Cc1ccc(NC(=O)c2nnc(-c3ccccc3Cl)o2)c(C)c1. The fourth-order valence-electron chi connectivity index (χ4n) is 2.19. The Morgan fingerprint density at radius 3 is 2.65 bits per heavy atom. The molecule has 6 heteroatoms. The third kappa shape index (κ3) is 3.24. The summed E-state index contributed by atoms with van der Waals surface area (Å²) in [6.07, 6.45) is 0. The molecule has 1 heterocycles. The van der Waals surface area contributed by atoms with Gasteiger partial charge in [0.1, 0.15) is 0 Å². The van der Waals surface area contributed by atoms with Gasteiger partial charge in [0.05, 0.1) is 10.6 Å². The van der Waals surface area contributed by atoms with Crippen molar-refractivity contribution in [1.82, 2.24) is 10.2 Å². The van der Waals surface area contributed by atoms with Crippen LogP contribution in [0.25, 0.3) is 11.5 Å². The number of aromatic nitrogens is 2. The summed E-state index contributed by atoms with van der Waals surface area (Å²) >= 11 is 6.08. The number of hydrogen-bond donors (Lipinski definition) is 1. The summed E-state index contributed by atoms with van der Waals surface area (Å²) in [7, 11) is 0. The molecule has 1 amide bonds. The summed E-state index contributed by atoms with van der Waals surface area (Å²) in [5.74, 6) is -0.357. The van der Waals surface area contributed by atoms with Gasteiger partial charge < -0.3 is 9.73 Å². The molecule has 0 aliphatic heterocycles. The fourth-order valence-corrected chi connectivity index (χ4v) is 2.40. The Balaban J connectivity index is 1.83. The predicted molar refractivity (Wildman–Crippen MR) is 88.6 cm³/mol. The Morgan fingerprint density at radius 1 is 1.13 bits per heavy atom. The molecule has 23 heavy (non-hydrogen) atoms. The highest BCUT2D eigenvalue weighted by Gasteiger charge is 2.18. The first-order valence-electron chi connectivity index (χ1n) is 7.01. The number of nitrogens with one attached hydrogen (secondary N) is 1. The van der Waals surface area contributed by atoms with Gasteiger partial charge in [0, 0.05) is 5.69 Å². The molecule has 3 aromatic rings. The number of nitrogens with zero attached hydrogens (tertiary/aromatic N) is 2. The molecule has 116 valence electrons. The molecule has 0 atom stereocenters. The number of rotatable bonds is 3. The second kappa shape index (κ2) is 6.22. The lowest BCUT2D eigenvalue weighted by Crippen LogP contribution is -2.13. The molecular formula is C17H14ClN3O2. The van der Waals surface area contributed by atoms with E-state index in [2.05, 4.69) is 15.5 Å². The number of anilines is 1. The minimum Gasteiger partial charge on any atom is -0.412 e. The van der Waals surface area contributed by atoms with Gasteiger partial charge in [-0.25, -0.2) is 0 Å². The Kier molecular flexibility index (Phi) is 4.12. The van der Waals surface area contributed by atoms with Gasteiger partial charge in [0.2, 0.25) is 5.89 Å². The zero-order valence-electron chi connectivity index (χ0n) is 12.6. The third-order valence-electron chi connectivity index (χ3n) is 3.35. The van der Waals surface area contributed by atoms with Gasteiger partial charge in [0.15, 0.2) is 0 Å². The van der Waals surface area contributed by atoms with E-state index in [0.717, 1.165) is 11.1 Å². The smallest absolute Gasteiger partial charge is 0.313 e. The molecule has 0 unspecified atom stereocenters. The van der Waals surface area contributed by atoms with Crippen LogP contribution in [0.4, 0.5) is 5.69 Å². The molecule has 0 spiro atoms. The van der Waals surface area contributed by atoms with Crippen molar-refractivity contribution >= 4 is 23.2 Å². The van der Waals surface area contributed by atoms with Crippen molar-refractivity contribution in [3.8, 4) is 11.5 Å². The second-order valence-corrected chi connectivity index (χ2v) is 5.57. The topological polar surface area (TPSA) is 68.0 Å². The van der Waals surface area contributed by atoms with Gasteiger partial charge in [-0.1, -0.05) is 41.4 Å². The van der Waals surface area contributed by atoms with Crippen LogP contribution in [0.1, 0.15) is 21.8 Å². The molecule has 1 N–H and O–H groups in total. The maximum atomic E-state index is 12.2. The van der Waals surface area contributed by atoms with Crippen molar-refractivity contribution in [2.75, 3.05) is 5.32 Å². The highest BCUT2D eigenvalue weighted by Crippen LogP contribution is 2.26. The van der Waals surface area contributed by atoms with Crippen LogP contribution in [0.2, 0.25) is 5.02 Å². The molecular weight excluding hydrogens is 314 g/mol. The average molecular weight is 328 g/mol. The van der Waals surface area contributed by atoms with Crippen molar-refractivity contribution in [1.29, 1.82) is 0 Å². The van der Waals surface area contributed by atoms with Gasteiger partial charge in [-0.2, -0.15) is 0 Å². The van der Waals surface area contributed by atoms with Crippen molar-refractivity contribution in [2.24, 2.45) is 0 Å². The Morgan fingerprint density at radius 2 is 1.91 bits per heavy atom. The molecule has 0 fully saturated rings. The minimum absolute atomic E-state index is 0.111. The summed E-state index contributed by atoms with van der Waals surface area (Å²) in [5.41, 5.74) is 3.38. The first kappa shape index (κ1) is 15.2. The van der Waals surface area contributed by atoms with Crippen molar-refractivity contribution in [2.45, 2.75) is 13.8 Å². The molecule has 0 aliphatic rings. The number of benzene rings is 2. The van der Waals surface area contributed by atoms with E-state index in [9.17, 15) is 4.79 Å². The Labute approximate surface area is 138 Å². The van der Waals surface area contributed by atoms with E-state index in [1.54, 1.807) is 24.3 Å². The number of halogens is 1. The first-order valence-corrected chi connectivity index (χ1v) is 7.39. The van der Waals surface area contributed by atoms with Gasteiger partial charge in [-0.05, 0) is 37.6 Å². The zero-order chi connectivity index (χ0) is 16.4. The molecule has 0 radical (unpaired) electrons. The molecule has 0 saturated carbocycles. The molecule has 0 aliphatic carbocycles. The molecule has 2 aromatic carbocycles. The van der Waals surface area contributed by atoms with Crippen LogP contribution in [-0.2, 0) is 0 Å². The monoisotopic (exact) mass is 327 g/mol. The van der Waals surface area contributed by atoms with E-state index in [0.29, 0.717) is 16.3 Å². The molecule has 3 rings (SSSR count). The van der Waals surface area contributed by atoms with Gasteiger partial charge in [-0.3, -0.25) is 4.79 Å². The quantitative estimate of drug-likeness (QED) is 0.780. The number of amides is 1. The summed E-state index contributed by atoms with van der Waals surface area (Å²) < 4.78 is 5.43. The van der Waals surface area contributed by atoms with E-state index < -0.39 is 5.91 Å². The Bertz CT molecular complexity index is 874. The van der Waals surface area contributed by atoms with Crippen LogP contribution in [0.5, 0.6) is 0 Å². The lowest BCUT2D eigenvalue weighted by molar-refractivity contribution is 0.0990. The van der Waals surface area contributed by atoms with Gasteiger partial charge in [0.25, 0.3) is 0 Å². The lowest BCUT2D eigenvalue weighted by Gasteiger charge is -2.06. The summed E-state index contributed by atoms with van der Waals surface area (Å²) in [6, 6.07) is 12.8. The first-order chi connectivity index (χ1) is 11.0. The largest absolute Gasteiger partial charge is 0.412 e. The molecule has 0 saturated heterocycles.